The van der Waals surface area contributed by atoms with E-state index in [1.807, 2.05) is 24.5 Å². The van der Waals surface area contributed by atoms with Crippen LogP contribution in [0.5, 0.6) is 0 Å². The number of rotatable bonds is 4. The number of nitriles is 1. The molecule has 0 fully saturated rings. The highest BCUT2D eigenvalue weighted by atomic mass is 32.2. The van der Waals surface area contributed by atoms with E-state index in [9.17, 15) is 8.42 Å². The van der Waals surface area contributed by atoms with Crippen molar-refractivity contribution in [3.05, 3.63) is 47.5 Å². The van der Waals surface area contributed by atoms with Crippen molar-refractivity contribution in [1.82, 2.24) is 9.55 Å². The number of benzene rings is 1. The molecule has 1 heterocycles. The van der Waals surface area contributed by atoms with Gasteiger partial charge in [0.2, 0.25) is 0 Å². The maximum atomic E-state index is 12.2. The minimum atomic E-state index is -3.35. The predicted molar refractivity (Wildman–Crippen MR) is 74.9 cm³/mol. The van der Waals surface area contributed by atoms with Crippen LogP contribution in [0.2, 0.25) is 0 Å². The molecule has 0 radical (unpaired) electrons. The standard InChI is InChI=1S/C14H15N3O2S/c1-11-12(2)17(10-16-11)7-8-20(18,19)14-5-3-13(9-15)4-6-14/h3-6,10H,7-8H2,1-2H3. The summed E-state index contributed by atoms with van der Waals surface area (Å²) in [6, 6.07) is 7.94. The summed E-state index contributed by atoms with van der Waals surface area (Å²) in [6.07, 6.45) is 1.65. The quantitative estimate of drug-likeness (QED) is 0.860. The van der Waals surface area contributed by atoms with E-state index < -0.39 is 9.84 Å². The number of aromatic nitrogens is 2. The molecular weight excluding hydrogens is 274 g/mol. The maximum Gasteiger partial charge on any atom is 0.180 e. The summed E-state index contributed by atoms with van der Waals surface area (Å²) in [7, 11) is -3.35. The fourth-order valence-electron chi connectivity index (χ4n) is 1.84. The summed E-state index contributed by atoms with van der Waals surface area (Å²) < 4.78 is 26.2. The Hall–Kier alpha value is -2.13. The highest BCUT2D eigenvalue weighted by Crippen LogP contribution is 2.13. The van der Waals surface area contributed by atoms with E-state index in [1.165, 1.54) is 24.3 Å². The van der Waals surface area contributed by atoms with Gasteiger partial charge in [-0.1, -0.05) is 0 Å². The van der Waals surface area contributed by atoms with Crippen molar-refractivity contribution in [2.75, 3.05) is 5.75 Å². The smallest absolute Gasteiger partial charge is 0.180 e. The Labute approximate surface area is 118 Å². The van der Waals surface area contributed by atoms with Crippen LogP contribution in [-0.2, 0) is 16.4 Å². The van der Waals surface area contributed by atoms with Crippen LogP contribution in [0.25, 0.3) is 0 Å². The first kappa shape index (κ1) is 14.3. The number of aryl methyl sites for hydroxylation is 2. The van der Waals surface area contributed by atoms with Crippen LogP contribution in [0, 0.1) is 25.2 Å². The van der Waals surface area contributed by atoms with Gasteiger partial charge in [0.05, 0.1) is 34.3 Å². The number of nitrogens with zero attached hydrogens (tertiary/aromatic N) is 3. The molecule has 0 aliphatic carbocycles. The number of sulfone groups is 1. The van der Waals surface area contributed by atoms with Gasteiger partial charge in [0, 0.05) is 12.2 Å². The summed E-state index contributed by atoms with van der Waals surface area (Å²) in [5.74, 6) is 0.00946. The van der Waals surface area contributed by atoms with Gasteiger partial charge in [-0.05, 0) is 38.1 Å². The minimum Gasteiger partial charge on any atom is -0.334 e. The van der Waals surface area contributed by atoms with Crippen LogP contribution in [0.4, 0.5) is 0 Å². The zero-order chi connectivity index (χ0) is 14.8. The van der Waals surface area contributed by atoms with E-state index >= 15 is 0 Å². The molecule has 20 heavy (non-hydrogen) atoms. The predicted octanol–water partition coefficient (Wildman–Crippen LogP) is 1.85. The van der Waals surface area contributed by atoms with Crippen LogP contribution in [-0.4, -0.2) is 23.7 Å². The highest BCUT2D eigenvalue weighted by Gasteiger charge is 2.15. The first-order valence-corrected chi connectivity index (χ1v) is 7.80. The topological polar surface area (TPSA) is 75.8 Å². The van der Waals surface area contributed by atoms with Crippen molar-refractivity contribution in [2.45, 2.75) is 25.3 Å². The van der Waals surface area contributed by atoms with Gasteiger partial charge in [0.25, 0.3) is 0 Å². The molecule has 2 rings (SSSR count). The fourth-order valence-corrected chi connectivity index (χ4v) is 3.07. The van der Waals surface area contributed by atoms with Gasteiger partial charge in [-0.2, -0.15) is 5.26 Å². The summed E-state index contributed by atoms with van der Waals surface area (Å²) >= 11 is 0. The van der Waals surface area contributed by atoms with Crippen molar-refractivity contribution >= 4 is 9.84 Å². The molecule has 0 aliphatic heterocycles. The van der Waals surface area contributed by atoms with Gasteiger partial charge >= 0.3 is 0 Å². The van der Waals surface area contributed by atoms with Crippen molar-refractivity contribution in [3.63, 3.8) is 0 Å². The van der Waals surface area contributed by atoms with E-state index in [1.54, 1.807) is 6.33 Å². The molecule has 0 N–H and O–H groups in total. The fraction of sp³-hybridized carbons (Fsp3) is 0.286. The first-order valence-electron chi connectivity index (χ1n) is 6.15. The van der Waals surface area contributed by atoms with Gasteiger partial charge in [0.15, 0.2) is 9.84 Å². The Morgan fingerprint density at radius 1 is 1.25 bits per heavy atom. The molecule has 0 aliphatic rings. The summed E-state index contributed by atoms with van der Waals surface area (Å²) in [6.45, 7) is 4.17. The van der Waals surface area contributed by atoms with Gasteiger partial charge in [0.1, 0.15) is 0 Å². The highest BCUT2D eigenvalue weighted by molar-refractivity contribution is 7.91. The lowest BCUT2D eigenvalue weighted by atomic mass is 10.2. The van der Waals surface area contributed by atoms with E-state index in [2.05, 4.69) is 4.98 Å². The average Bonchev–Trinajstić information content (AvgIpc) is 2.77. The van der Waals surface area contributed by atoms with Crippen LogP contribution in [0.1, 0.15) is 17.0 Å². The zero-order valence-electron chi connectivity index (χ0n) is 11.4. The normalized spacial score (nSPS) is 11.2. The summed E-state index contributed by atoms with van der Waals surface area (Å²) in [5.41, 5.74) is 2.32. The molecule has 1 aromatic carbocycles. The molecule has 0 spiro atoms. The van der Waals surface area contributed by atoms with Gasteiger partial charge in [-0.25, -0.2) is 13.4 Å². The largest absolute Gasteiger partial charge is 0.334 e. The van der Waals surface area contributed by atoms with Crippen molar-refractivity contribution in [3.8, 4) is 6.07 Å². The Morgan fingerprint density at radius 3 is 2.40 bits per heavy atom. The third-order valence-electron chi connectivity index (χ3n) is 3.29. The molecule has 2 aromatic rings. The average molecular weight is 289 g/mol. The van der Waals surface area contributed by atoms with Crippen LogP contribution < -0.4 is 0 Å². The molecule has 6 heteroatoms. The summed E-state index contributed by atoms with van der Waals surface area (Å²) in [4.78, 5) is 4.39. The second-order valence-corrected chi connectivity index (χ2v) is 6.67. The van der Waals surface area contributed by atoms with Crippen LogP contribution >= 0.6 is 0 Å². The van der Waals surface area contributed by atoms with Gasteiger partial charge < -0.3 is 4.57 Å². The van der Waals surface area contributed by atoms with E-state index in [-0.39, 0.29) is 10.6 Å². The Bertz CT molecular complexity index is 753. The molecule has 0 atom stereocenters. The van der Waals surface area contributed by atoms with E-state index in [0.29, 0.717) is 12.1 Å². The first-order chi connectivity index (χ1) is 9.44. The molecule has 0 amide bonds. The lowest BCUT2D eigenvalue weighted by Gasteiger charge is -2.07. The molecule has 0 saturated carbocycles. The van der Waals surface area contributed by atoms with Crippen LogP contribution in [0.3, 0.4) is 0 Å². The van der Waals surface area contributed by atoms with Crippen molar-refractivity contribution in [2.24, 2.45) is 0 Å². The zero-order valence-corrected chi connectivity index (χ0v) is 12.2. The molecule has 0 saturated heterocycles. The number of hydrogen-bond acceptors (Lipinski definition) is 4. The molecular formula is C14H15N3O2S. The van der Waals surface area contributed by atoms with Crippen molar-refractivity contribution < 1.29 is 8.42 Å². The lowest BCUT2D eigenvalue weighted by Crippen LogP contribution is -2.13. The van der Waals surface area contributed by atoms with Gasteiger partial charge in [-0.3, -0.25) is 0 Å². The van der Waals surface area contributed by atoms with Gasteiger partial charge in [-0.15, -0.1) is 0 Å². The Morgan fingerprint density at radius 2 is 1.90 bits per heavy atom. The Kier molecular flexibility index (Phi) is 3.91. The van der Waals surface area contributed by atoms with E-state index in [0.717, 1.165) is 11.4 Å². The third kappa shape index (κ3) is 2.89. The van der Waals surface area contributed by atoms with E-state index in [4.69, 9.17) is 5.26 Å². The molecule has 104 valence electrons. The Balaban J connectivity index is 2.15. The molecule has 5 nitrogen and oxygen atoms in total. The summed E-state index contributed by atoms with van der Waals surface area (Å²) in [5, 5.41) is 8.71. The SMILES string of the molecule is Cc1ncn(CCS(=O)(=O)c2ccc(C#N)cc2)c1C. The number of hydrogen-bond donors (Lipinski definition) is 0. The van der Waals surface area contributed by atoms with Crippen LogP contribution in [0.15, 0.2) is 35.5 Å². The molecule has 0 bridgehead atoms. The second kappa shape index (κ2) is 5.47. The second-order valence-electron chi connectivity index (χ2n) is 4.56. The monoisotopic (exact) mass is 289 g/mol. The third-order valence-corrected chi connectivity index (χ3v) is 5.00. The number of imidazole rings is 1. The molecule has 1 aromatic heterocycles. The molecule has 0 unspecified atom stereocenters. The minimum absolute atomic E-state index is 0.00946. The maximum absolute atomic E-state index is 12.2. The lowest BCUT2D eigenvalue weighted by molar-refractivity contribution is 0.588. The van der Waals surface area contributed by atoms with Crippen molar-refractivity contribution in [1.29, 1.82) is 5.26 Å².